The number of carbonyl (C=O) groups is 1. The number of aromatic nitrogens is 5. The lowest BCUT2D eigenvalue weighted by Crippen LogP contribution is -2.31. The summed E-state index contributed by atoms with van der Waals surface area (Å²) >= 11 is 0. The Hall–Kier alpha value is -2.71. The van der Waals surface area contributed by atoms with Crippen LogP contribution < -0.4 is 10.6 Å². The summed E-state index contributed by atoms with van der Waals surface area (Å²) in [7, 11) is 3.44. The van der Waals surface area contributed by atoms with Gasteiger partial charge in [0.15, 0.2) is 5.82 Å². The predicted octanol–water partition coefficient (Wildman–Crippen LogP) is 1.18. The molecule has 0 aliphatic rings. The first kappa shape index (κ1) is 15.7. The van der Waals surface area contributed by atoms with Crippen LogP contribution in [0.5, 0.6) is 0 Å². The fourth-order valence-electron chi connectivity index (χ4n) is 1.81. The van der Waals surface area contributed by atoms with E-state index in [1.807, 2.05) is 0 Å². The maximum atomic E-state index is 12.1. The minimum atomic E-state index is -0.263. The van der Waals surface area contributed by atoms with Gasteiger partial charge in [-0.1, -0.05) is 12.1 Å². The van der Waals surface area contributed by atoms with Crippen LogP contribution in [-0.2, 0) is 13.1 Å². The molecule has 0 radical (unpaired) electrons. The minimum absolute atomic E-state index is 0.263. The highest BCUT2D eigenvalue weighted by Gasteiger charge is 2.12. The van der Waals surface area contributed by atoms with Crippen LogP contribution in [0.4, 0.5) is 16.6 Å². The average Bonchev–Trinajstić information content (AvgIpc) is 2.95. The van der Waals surface area contributed by atoms with Gasteiger partial charge in [0.05, 0.1) is 12.7 Å². The van der Waals surface area contributed by atoms with Crippen molar-refractivity contribution in [3.63, 3.8) is 0 Å². The highest BCUT2D eigenvalue weighted by Crippen LogP contribution is 2.06. The first-order valence-electron chi connectivity index (χ1n) is 7.03. The standard InChI is InChI=1S/C13H20N8O/c1-4-5-21-9-11(18-19-21)17-13(22)20(3)8-10-6-15-12(14-2)16-7-10/h6-7,9H,4-5,8H2,1-3H3,(H,17,22)(H,14,15,16). The van der Waals surface area contributed by atoms with Crippen molar-refractivity contribution in [1.82, 2.24) is 29.9 Å². The van der Waals surface area contributed by atoms with Gasteiger partial charge in [-0.3, -0.25) is 10.00 Å². The van der Waals surface area contributed by atoms with E-state index in [1.54, 1.807) is 37.4 Å². The molecule has 0 aliphatic heterocycles. The molecular formula is C13H20N8O. The lowest BCUT2D eigenvalue weighted by Gasteiger charge is -2.16. The minimum Gasteiger partial charge on any atom is -0.357 e. The zero-order valence-electron chi connectivity index (χ0n) is 12.9. The zero-order chi connectivity index (χ0) is 15.9. The molecular weight excluding hydrogens is 284 g/mol. The average molecular weight is 304 g/mol. The van der Waals surface area contributed by atoms with Gasteiger partial charge in [0.1, 0.15) is 0 Å². The number of aryl methyl sites for hydroxylation is 1. The maximum absolute atomic E-state index is 12.1. The molecule has 2 amide bonds. The Morgan fingerprint density at radius 1 is 1.36 bits per heavy atom. The van der Waals surface area contributed by atoms with Gasteiger partial charge >= 0.3 is 6.03 Å². The Kier molecular flexibility index (Phi) is 5.23. The molecule has 0 bridgehead atoms. The Bertz CT molecular complexity index is 609. The van der Waals surface area contributed by atoms with Crippen molar-refractivity contribution in [2.75, 3.05) is 24.7 Å². The third kappa shape index (κ3) is 4.14. The predicted molar refractivity (Wildman–Crippen MR) is 82.4 cm³/mol. The van der Waals surface area contributed by atoms with Gasteiger partial charge < -0.3 is 10.2 Å². The maximum Gasteiger partial charge on any atom is 0.323 e. The number of amides is 2. The quantitative estimate of drug-likeness (QED) is 0.831. The molecule has 118 valence electrons. The molecule has 0 spiro atoms. The summed E-state index contributed by atoms with van der Waals surface area (Å²) in [5, 5.41) is 13.4. The topological polar surface area (TPSA) is 101 Å². The van der Waals surface area contributed by atoms with Crippen molar-refractivity contribution in [3.05, 3.63) is 24.2 Å². The van der Waals surface area contributed by atoms with Gasteiger partial charge in [-0.15, -0.1) is 5.10 Å². The van der Waals surface area contributed by atoms with Gasteiger partial charge in [-0.05, 0) is 6.42 Å². The molecule has 0 atom stereocenters. The van der Waals surface area contributed by atoms with E-state index >= 15 is 0 Å². The SMILES string of the molecule is CCCn1cc(NC(=O)N(C)Cc2cnc(NC)nc2)nn1. The summed E-state index contributed by atoms with van der Waals surface area (Å²) in [6.45, 7) is 3.22. The van der Waals surface area contributed by atoms with Crippen molar-refractivity contribution >= 4 is 17.8 Å². The lowest BCUT2D eigenvalue weighted by atomic mass is 10.3. The largest absolute Gasteiger partial charge is 0.357 e. The second-order valence-electron chi connectivity index (χ2n) is 4.82. The third-order valence-electron chi connectivity index (χ3n) is 2.92. The number of rotatable bonds is 6. The first-order chi connectivity index (χ1) is 10.6. The number of anilines is 2. The van der Waals surface area contributed by atoms with E-state index in [9.17, 15) is 4.79 Å². The van der Waals surface area contributed by atoms with Gasteiger partial charge in [0.25, 0.3) is 0 Å². The van der Waals surface area contributed by atoms with Crippen molar-refractivity contribution in [2.24, 2.45) is 0 Å². The van der Waals surface area contributed by atoms with Crippen molar-refractivity contribution in [1.29, 1.82) is 0 Å². The second kappa shape index (κ2) is 7.34. The molecule has 2 heterocycles. The number of hydrogen-bond donors (Lipinski definition) is 2. The number of nitrogens with one attached hydrogen (secondary N) is 2. The summed E-state index contributed by atoms with van der Waals surface area (Å²) in [5.74, 6) is 0.982. The fourth-order valence-corrected chi connectivity index (χ4v) is 1.81. The van der Waals surface area contributed by atoms with Crippen molar-refractivity contribution in [2.45, 2.75) is 26.4 Å². The van der Waals surface area contributed by atoms with Crippen molar-refractivity contribution in [3.8, 4) is 0 Å². The summed E-state index contributed by atoms with van der Waals surface area (Å²) in [5.41, 5.74) is 0.839. The summed E-state index contributed by atoms with van der Waals surface area (Å²) < 4.78 is 1.69. The van der Waals surface area contributed by atoms with Crippen LogP contribution in [0, 0.1) is 0 Å². The first-order valence-corrected chi connectivity index (χ1v) is 7.03. The van der Waals surface area contributed by atoms with Gasteiger partial charge in [0, 0.05) is 38.6 Å². The molecule has 0 unspecified atom stereocenters. The van der Waals surface area contributed by atoms with E-state index in [-0.39, 0.29) is 6.03 Å². The molecule has 2 rings (SSSR count). The monoisotopic (exact) mass is 304 g/mol. The molecule has 0 fully saturated rings. The summed E-state index contributed by atoms with van der Waals surface area (Å²) in [6, 6.07) is -0.263. The molecule has 0 aromatic carbocycles. The number of nitrogens with zero attached hydrogens (tertiary/aromatic N) is 6. The lowest BCUT2D eigenvalue weighted by molar-refractivity contribution is 0.220. The molecule has 2 N–H and O–H groups in total. The Morgan fingerprint density at radius 3 is 2.73 bits per heavy atom. The van der Waals surface area contributed by atoms with Crippen LogP contribution in [-0.4, -0.2) is 50.0 Å². The van der Waals surface area contributed by atoms with Gasteiger partial charge in [-0.25, -0.2) is 14.8 Å². The smallest absolute Gasteiger partial charge is 0.323 e. The van der Waals surface area contributed by atoms with E-state index in [0.717, 1.165) is 18.5 Å². The normalized spacial score (nSPS) is 10.3. The fraction of sp³-hybridized carbons (Fsp3) is 0.462. The van der Waals surface area contributed by atoms with Crippen molar-refractivity contribution < 1.29 is 4.79 Å². The molecule has 2 aromatic rings. The van der Waals surface area contributed by atoms with Crippen LogP contribution in [0.2, 0.25) is 0 Å². The highest BCUT2D eigenvalue weighted by molar-refractivity contribution is 5.87. The van der Waals surface area contributed by atoms with E-state index < -0.39 is 0 Å². The zero-order valence-corrected chi connectivity index (χ0v) is 12.9. The molecule has 22 heavy (non-hydrogen) atoms. The van der Waals surface area contributed by atoms with Crippen LogP contribution in [0.25, 0.3) is 0 Å². The van der Waals surface area contributed by atoms with Crippen LogP contribution in [0.1, 0.15) is 18.9 Å². The second-order valence-corrected chi connectivity index (χ2v) is 4.82. The molecule has 9 heteroatoms. The summed E-state index contributed by atoms with van der Waals surface area (Å²) in [4.78, 5) is 21.8. The van der Waals surface area contributed by atoms with E-state index in [0.29, 0.717) is 18.3 Å². The van der Waals surface area contributed by atoms with Gasteiger partial charge in [0.2, 0.25) is 5.95 Å². The molecule has 0 saturated carbocycles. The Labute approximate surface area is 128 Å². The van der Waals surface area contributed by atoms with E-state index in [2.05, 4.69) is 37.8 Å². The molecule has 0 saturated heterocycles. The number of hydrogen-bond acceptors (Lipinski definition) is 6. The molecule has 2 aromatic heterocycles. The molecule has 0 aliphatic carbocycles. The number of carbonyl (C=O) groups excluding carboxylic acids is 1. The van der Waals surface area contributed by atoms with Crippen LogP contribution in [0.3, 0.4) is 0 Å². The highest BCUT2D eigenvalue weighted by atomic mass is 16.2. The third-order valence-corrected chi connectivity index (χ3v) is 2.92. The Balaban J connectivity index is 1.90. The van der Waals surface area contributed by atoms with Gasteiger partial charge in [-0.2, -0.15) is 0 Å². The Morgan fingerprint density at radius 2 is 2.09 bits per heavy atom. The van der Waals surface area contributed by atoms with Crippen LogP contribution >= 0.6 is 0 Å². The molecule has 9 nitrogen and oxygen atoms in total. The van der Waals surface area contributed by atoms with Crippen LogP contribution in [0.15, 0.2) is 18.6 Å². The number of urea groups is 1. The summed E-state index contributed by atoms with van der Waals surface area (Å²) in [6.07, 6.45) is 6.03. The van der Waals surface area contributed by atoms with E-state index in [4.69, 9.17) is 0 Å². The van der Waals surface area contributed by atoms with E-state index in [1.165, 1.54) is 4.90 Å².